The molecule has 1 aromatic carbocycles. The Balaban J connectivity index is 0.000000194. The summed E-state index contributed by atoms with van der Waals surface area (Å²) in [5, 5.41) is 2.20. The molecule has 21 heavy (non-hydrogen) atoms. The smallest absolute Gasteiger partial charge is 0.275 e. The van der Waals surface area contributed by atoms with Crippen LogP contribution in [0, 0.1) is 6.92 Å². The Morgan fingerprint density at radius 2 is 1.71 bits per heavy atom. The van der Waals surface area contributed by atoms with E-state index in [-0.39, 0.29) is 10.8 Å². The summed E-state index contributed by atoms with van der Waals surface area (Å²) in [6.45, 7) is 4.48. The van der Waals surface area contributed by atoms with Gasteiger partial charge in [0, 0.05) is 13.1 Å². The Morgan fingerprint density at radius 1 is 1.10 bits per heavy atom. The van der Waals surface area contributed by atoms with Crippen molar-refractivity contribution < 1.29 is 14.3 Å². The minimum Gasteiger partial charge on any atom is -0.378 e. The fourth-order valence-corrected chi connectivity index (χ4v) is 2.35. The van der Waals surface area contributed by atoms with E-state index in [0.717, 1.165) is 0 Å². The maximum atomic E-state index is 11.4. The molecule has 6 heteroatoms. The molecule has 1 saturated heterocycles. The second kappa shape index (κ2) is 7.28. The van der Waals surface area contributed by atoms with Crippen molar-refractivity contribution >= 4 is 24.4 Å². The van der Waals surface area contributed by atoms with Crippen molar-refractivity contribution in [3.05, 3.63) is 46.5 Å². The average Bonchev–Trinajstić information content (AvgIpc) is 2.74. The topological polar surface area (TPSA) is 58.6 Å². The fourth-order valence-electron chi connectivity index (χ4n) is 2.05. The van der Waals surface area contributed by atoms with Gasteiger partial charge in [-0.25, -0.2) is 0 Å². The van der Waals surface area contributed by atoms with Crippen LogP contribution in [-0.2, 0) is 14.3 Å². The van der Waals surface area contributed by atoms with Gasteiger partial charge in [-0.05, 0) is 6.92 Å². The minimum absolute atomic E-state index is 0.205. The van der Waals surface area contributed by atoms with Crippen LogP contribution < -0.4 is 5.32 Å². The first-order chi connectivity index (χ1) is 10.1. The SMILES string of the molecule is Cc1ccccc1.O=C1NC(=O)C(N2CCOCC2)=C1S. The second-order valence-corrected chi connectivity index (χ2v) is 5.18. The van der Waals surface area contributed by atoms with Crippen LogP contribution in [-0.4, -0.2) is 43.0 Å². The number of imide groups is 1. The van der Waals surface area contributed by atoms with E-state index in [9.17, 15) is 9.59 Å². The molecule has 0 aliphatic carbocycles. The monoisotopic (exact) mass is 306 g/mol. The van der Waals surface area contributed by atoms with Gasteiger partial charge in [0.15, 0.2) is 0 Å². The Hall–Kier alpha value is -1.79. The van der Waals surface area contributed by atoms with Gasteiger partial charge < -0.3 is 9.64 Å². The molecule has 0 bridgehead atoms. The fraction of sp³-hybridized carbons (Fsp3) is 0.333. The third-order valence-electron chi connectivity index (χ3n) is 3.15. The zero-order chi connectivity index (χ0) is 15.2. The Kier molecular flexibility index (Phi) is 5.41. The normalized spacial score (nSPS) is 18.3. The molecule has 2 aliphatic heterocycles. The van der Waals surface area contributed by atoms with Gasteiger partial charge in [-0.1, -0.05) is 35.9 Å². The summed E-state index contributed by atoms with van der Waals surface area (Å²) in [6.07, 6.45) is 0. The quantitative estimate of drug-likeness (QED) is 0.603. The molecule has 5 nitrogen and oxygen atoms in total. The van der Waals surface area contributed by atoms with E-state index in [2.05, 4.69) is 37.0 Å². The van der Waals surface area contributed by atoms with E-state index in [1.54, 1.807) is 0 Å². The Labute approximate surface area is 129 Å². The van der Waals surface area contributed by atoms with Gasteiger partial charge in [-0.15, -0.1) is 12.6 Å². The van der Waals surface area contributed by atoms with Crippen LogP contribution in [0.5, 0.6) is 0 Å². The van der Waals surface area contributed by atoms with Crippen LogP contribution in [0.25, 0.3) is 0 Å². The van der Waals surface area contributed by atoms with Gasteiger partial charge in [0.1, 0.15) is 5.70 Å². The van der Waals surface area contributed by atoms with E-state index in [1.807, 2.05) is 23.1 Å². The number of rotatable bonds is 1. The highest BCUT2D eigenvalue weighted by atomic mass is 32.1. The molecule has 0 radical (unpaired) electrons. The lowest BCUT2D eigenvalue weighted by Gasteiger charge is -2.28. The molecule has 0 atom stereocenters. The summed E-state index contributed by atoms with van der Waals surface area (Å²) in [5.74, 6) is -0.776. The number of morpholine rings is 1. The van der Waals surface area contributed by atoms with Gasteiger partial charge in [0.05, 0.1) is 18.1 Å². The number of amides is 2. The summed E-state index contributed by atoms with van der Waals surface area (Å²) >= 11 is 4.02. The van der Waals surface area contributed by atoms with Crippen molar-refractivity contribution in [1.29, 1.82) is 0 Å². The second-order valence-electron chi connectivity index (χ2n) is 4.73. The molecule has 2 amide bonds. The van der Waals surface area contributed by atoms with E-state index >= 15 is 0 Å². The lowest BCUT2D eigenvalue weighted by Crippen LogP contribution is -2.39. The zero-order valence-electron chi connectivity index (χ0n) is 11.8. The third kappa shape index (κ3) is 4.09. The Bertz CT molecular complexity index is 551. The number of hydrogen-bond acceptors (Lipinski definition) is 5. The number of benzene rings is 1. The number of carbonyl (C=O) groups excluding carboxylic acids is 2. The van der Waals surface area contributed by atoms with Gasteiger partial charge in [-0.3, -0.25) is 14.9 Å². The summed E-state index contributed by atoms with van der Waals surface area (Å²) in [5.41, 5.74) is 1.70. The summed E-state index contributed by atoms with van der Waals surface area (Å²) in [7, 11) is 0. The maximum Gasteiger partial charge on any atom is 0.275 e. The lowest BCUT2D eigenvalue weighted by atomic mass is 10.2. The molecule has 0 spiro atoms. The van der Waals surface area contributed by atoms with Crippen LogP contribution in [0.2, 0.25) is 0 Å². The molecule has 0 saturated carbocycles. The van der Waals surface area contributed by atoms with Crippen LogP contribution in [0.15, 0.2) is 40.9 Å². The number of carbonyl (C=O) groups is 2. The molecule has 1 N–H and O–H groups in total. The number of hydrogen-bond donors (Lipinski definition) is 2. The molecule has 2 aliphatic rings. The molecule has 0 aromatic heterocycles. The van der Waals surface area contributed by atoms with Crippen LogP contribution in [0.3, 0.4) is 0 Å². The molecule has 1 aromatic rings. The first-order valence-corrected chi connectivity index (χ1v) is 7.17. The molecule has 2 heterocycles. The zero-order valence-corrected chi connectivity index (χ0v) is 12.7. The highest BCUT2D eigenvalue weighted by Gasteiger charge is 2.32. The lowest BCUT2D eigenvalue weighted by molar-refractivity contribution is -0.124. The highest BCUT2D eigenvalue weighted by Crippen LogP contribution is 2.20. The van der Waals surface area contributed by atoms with E-state index in [4.69, 9.17) is 4.74 Å². The molecular formula is C15H18N2O3S. The van der Waals surface area contributed by atoms with Crippen molar-refractivity contribution in [2.75, 3.05) is 26.3 Å². The first kappa shape index (κ1) is 15.6. The first-order valence-electron chi connectivity index (χ1n) is 6.73. The van der Waals surface area contributed by atoms with Gasteiger partial charge in [0.2, 0.25) is 0 Å². The van der Waals surface area contributed by atoms with Crippen molar-refractivity contribution in [3.63, 3.8) is 0 Å². The number of ether oxygens (including phenoxy) is 1. The van der Waals surface area contributed by atoms with E-state index in [1.165, 1.54) is 5.56 Å². The average molecular weight is 306 g/mol. The maximum absolute atomic E-state index is 11.4. The summed E-state index contributed by atoms with van der Waals surface area (Å²) in [4.78, 5) is 24.5. The number of aryl methyl sites for hydroxylation is 1. The van der Waals surface area contributed by atoms with E-state index in [0.29, 0.717) is 32.0 Å². The van der Waals surface area contributed by atoms with Gasteiger partial charge in [-0.2, -0.15) is 0 Å². The largest absolute Gasteiger partial charge is 0.378 e. The highest BCUT2D eigenvalue weighted by molar-refractivity contribution is 7.85. The van der Waals surface area contributed by atoms with E-state index < -0.39 is 5.91 Å². The summed E-state index contributed by atoms with van der Waals surface area (Å²) < 4.78 is 5.15. The predicted octanol–water partition coefficient (Wildman–Crippen LogP) is 1.11. The van der Waals surface area contributed by atoms with Crippen molar-refractivity contribution in [2.24, 2.45) is 0 Å². The van der Waals surface area contributed by atoms with Crippen LogP contribution >= 0.6 is 12.6 Å². The molecule has 0 unspecified atom stereocenters. The molecule has 3 rings (SSSR count). The summed E-state index contributed by atoms with van der Waals surface area (Å²) in [6, 6.07) is 10.3. The number of thiol groups is 1. The minimum atomic E-state index is -0.417. The van der Waals surface area contributed by atoms with Crippen molar-refractivity contribution in [3.8, 4) is 0 Å². The molecular weight excluding hydrogens is 288 g/mol. The molecule has 112 valence electrons. The standard InChI is InChI=1S/C8H10N2O3S.C7H8/c11-7-5(6(14)8(12)9-7)10-1-3-13-4-2-10;1-7-5-3-2-4-6-7/h1-4H2,(H2,9,11,12,14);2-6H,1H3. The van der Waals surface area contributed by atoms with Crippen molar-refractivity contribution in [1.82, 2.24) is 10.2 Å². The third-order valence-corrected chi connectivity index (χ3v) is 3.56. The van der Waals surface area contributed by atoms with Crippen molar-refractivity contribution in [2.45, 2.75) is 6.92 Å². The Morgan fingerprint density at radius 3 is 2.14 bits per heavy atom. The number of nitrogens with one attached hydrogen (secondary N) is 1. The number of nitrogens with zero attached hydrogens (tertiary/aromatic N) is 1. The predicted molar refractivity (Wildman–Crippen MR) is 82.7 cm³/mol. The van der Waals surface area contributed by atoms with Gasteiger partial charge in [0.25, 0.3) is 11.8 Å². The van der Waals surface area contributed by atoms with Gasteiger partial charge >= 0.3 is 0 Å². The molecule has 1 fully saturated rings. The van der Waals surface area contributed by atoms with Crippen LogP contribution in [0.1, 0.15) is 5.56 Å². The van der Waals surface area contributed by atoms with Crippen LogP contribution in [0.4, 0.5) is 0 Å².